The number of carbonyl (C=O) groups is 2. The standard InChI is InChI=1S/C33H26FNO5S2/c34-26-14-11-22(12-15-26)17-18-39-27-16-13-23(20-29-32(38)35(21-30(36)37)33(41)42-29)19-28(27)40-31(24-7-3-1-4-8-24)25-9-5-2-6-10-25/h1-16,19-20,31H,17-18,21H2,(H,36,37)/b29-20-. The number of hydrogen-bond acceptors (Lipinski definition) is 6. The zero-order valence-electron chi connectivity index (χ0n) is 22.3. The van der Waals surface area contributed by atoms with E-state index in [1.807, 2.05) is 60.7 Å². The smallest absolute Gasteiger partial charge is 0.323 e. The second-order valence-electron chi connectivity index (χ2n) is 9.41. The fourth-order valence-electron chi connectivity index (χ4n) is 4.39. The predicted octanol–water partition coefficient (Wildman–Crippen LogP) is 6.90. The minimum absolute atomic E-state index is 0.194. The van der Waals surface area contributed by atoms with Crippen LogP contribution in [0.25, 0.3) is 6.08 Å². The van der Waals surface area contributed by atoms with E-state index in [1.165, 1.54) is 12.1 Å². The fraction of sp³-hybridized carbons (Fsp3) is 0.121. The van der Waals surface area contributed by atoms with Gasteiger partial charge in [0.1, 0.15) is 22.8 Å². The summed E-state index contributed by atoms with van der Waals surface area (Å²) in [6.07, 6.45) is 1.78. The average Bonchev–Trinajstić information content (AvgIpc) is 3.25. The summed E-state index contributed by atoms with van der Waals surface area (Å²) >= 11 is 6.29. The van der Waals surface area contributed by atoms with Gasteiger partial charge in [0.25, 0.3) is 5.91 Å². The van der Waals surface area contributed by atoms with Crippen molar-refractivity contribution in [3.05, 3.63) is 136 Å². The summed E-state index contributed by atoms with van der Waals surface area (Å²) in [7, 11) is 0. The lowest BCUT2D eigenvalue weighted by Gasteiger charge is -2.22. The Balaban J connectivity index is 1.46. The van der Waals surface area contributed by atoms with Crippen molar-refractivity contribution in [3.8, 4) is 11.5 Å². The van der Waals surface area contributed by atoms with Crippen LogP contribution in [0.5, 0.6) is 11.5 Å². The van der Waals surface area contributed by atoms with Crippen LogP contribution in [0.3, 0.4) is 0 Å². The van der Waals surface area contributed by atoms with E-state index in [9.17, 15) is 14.0 Å². The quantitative estimate of drug-likeness (QED) is 0.148. The predicted molar refractivity (Wildman–Crippen MR) is 165 cm³/mol. The Morgan fingerprint density at radius 2 is 1.57 bits per heavy atom. The summed E-state index contributed by atoms with van der Waals surface area (Å²) in [6, 6.07) is 31.3. The van der Waals surface area contributed by atoms with Gasteiger partial charge in [-0.25, -0.2) is 4.39 Å². The third-order valence-corrected chi connectivity index (χ3v) is 7.82. The number of ether oxygens (including phenoxy) is 2. The summed E-state index contributed by atoms with van der Waals surface area (Å²) in [4.78, 5) is 25.4. The third kappa shape index (κ3) is 7.23. The molecule has 0 aromatic heterocycles. The lowest BCUT2D eigenvalue weighted by molar-refractivity contribution is -0.140. The van der Waals surface area contributed by atoms with Crippen LogP contribution >= 0.6 is 24.0 Å². The molecule has 212 valence electrons. The van der Waals surface area contributed by atoms with E-state index in [1.54, 1.807) is 36.4 Å². The lowest BCUT2D eigenvalue weighted by Crippen LogP contribution is -2.33. The van der Waals surface area contributed by atoms with Gasteiger partial charge >= 0.3 is 5.97 Å². The summed E-state index contributed by atoms with van der Waals surface area (Å²) in [5.74, 6) is -0.927. The molecular weight excluding hydrogens is 573 g/mol. The molecule has 6 nitrogen and oxygen atoms in total. The normalized spacial score (nSPS) is 14.0. The molecule has 1 aliphatic rings. The monoisotopic (exact) mass is 599 g/mol. The third-order valence-electron chi connectivity index (χ3n) is 6.44. The molecule has 1 fully saturated rings. The molecule has 1 saturated heterocycles. The highest BCUT2D eigenvalue weighted by molar-refractivity contribution is 8.26. The maximum atomic E-state index is 13.3. The van der Waals surface area contributed by atoms with Crippen LogP contribution in [0, 0.1) is 5.82 Å². The van der Waals surface area contributed by atoms with Gasteiger partial charge < -0.3 is 14.6 Å². The van der Waals surface area contributed by atoms with Crippen molar-refractivity contribution >= 4 is 46.3 Å². The first kappa shape index (κ1) is 29.0. The molecule has 1 aliphatic heterocycles. The first-order valence-corrected chi connectivity index (χ1v) is 14.3. The lowest BCUT2D eigenvalue weighted by atomic mass is 10.0. The van der Waals surface area contributed by atoms with Gasteiger partial charge in [-0.15, -0.1) is 0 Å². The molecule has 0 saturated carbocycles. The number of nitrogens with zero attached hydrogens (tertiary/aromatic N) is 1. The first-order chi connectivity index (χ1) is 20.4. The number of carboxylic acids is 1. The van der Waals surface area contributed by atoms with Crippen molar-refractivity contribution in [1.82, 2.24) is 4.90 Å². The summed E-state index contributed by atoms with van der Waals surface area (Å²) in [5, 5.41) is 9.15. The molecule has 5 rings (SSSR count). The van der Waals surface area contributed by atoms with E-state index in [2.05, 4.69) is 0 Å². The molecule has 42 heavy (non-hydrogen) atoms. The number of carboxylic acid groups (broad SMARTS) is 1. The first-order valence-electron chi connectivity index (χ1n) is 13.1. The second-order valence-corrected chi connectivity index (χ2v) is 11.1. The second kappa shape index (κ2) is 13.5. The molecule has 0 spiro atoms. The van der Waals surface area contributed by atoms with E-state index in [4.69, 9.17) is 26.8 Å². The van der Waals surface area contributed by atoms with Crippen molar-refractivity contribution in [2.45, 2.75) is 12.5 Å². The van der Waals surface area contributed by atoms with Crippen molar-refractivity contribution in [1.29, 1.82) is 0 Å². The number of rotatable bonds is 11. The van der Waals surface area contributed by atoms with Crippen LogP contribution in [0.15, 0.2) is 108 Å². The van der Waals surface area contributed by atoms with Crippen LogP contribution in [0.4, 0.5) is 4.39 Å². The van der Waals surface area contributed by atoms with Gasteiger partial charge in [0.15, 0.2) is 11.5 Å². The highest BCUT2D eigenvalue weighted by atomic mass is 32.2. The Morgan fingerprint density at radius 3 is 2.19 bits per heavy atom. The highest BCUT2D eigenvalue weighted by Crippen LogP contribution is 2.38. The summed E-state index contributed by atoms with van der Waals surface area (Å²) in [6.45, 7) is -0.163. The Labute approximate surface area is 252 Å². The molecule has 0 atom stereocenters. The Kier molecular flexibility index (Phi) is 9.31. The molecule has 0 bridgehead atoms. The van der Waals surface area contributed by atoms with Gasteiger partial charge in [-0.1, -0.05) is 103 Å². The maximum absolute atomic E-state index is 13.3. The molecule has 1 heterocycles. The Bertz CT molecular complexity index is 1570. The molecular formula is C33H26FNO5S2. The highest BCUT2D eigenvalue weighted by Gasteiger charge is 2.33. The SMILES string of the molecule is O=C(O)CN1C(=O)/C(=C/c2ccc(OCCc3ccc(F)cc3)c(OC(c3ccccc3)c3ccccc3)c2)SC1=S. The summed E-state index contributed by atoms with van der Waals surface area (Å²) < 4.78 is 26.3. The van der Waals surface area contributed by atoms with Gasteiger partial charge in [0.2, 0.25) is 0 Å². The van der Waals surface area contributed by atoms with Crippen molar-refractivity contribution in [3.63, 3.8) is 0 Å². The van der Waals surface area contributed by atoms with Gasteiger partial charge in [-0.3, -0.25) is 14.5 Å². The minimum atomic E-state index is -1.14. The topological polar surface area (TPSA) is 76.1 Å². The molecule has 1 N–H and O–H groups in total. The van der Waals surface area contributed by atoms with Gasteiger partial charge in [0.05, 0.1) is 11.5 Å². The van der Waals surface area contributed by atoms with Crippen molar-refractivity contribution < 1.29 is 28.6 Å². The Hall–Kier alpha value is -4.47. The van der Waals surface area contributed by atoms with Crippen LogP contribution in [-0.2, 0) is 16.0 Å². The minimum Gasteiger partial charge on any atom is -0.489 e. The summed E-state index contributed by atoms with van der Waals surface area (Å²) in [5.41, 5.74) is 3.48. The molecule has 4 aromatic carbocycles. The van der Waals surface area contributed by atoms with Gasteiger partial charge in [-0.2, -0.15) is 0 Å². The number of hydrogen-bond donors (Lipinski definition) is 1. The van der Waals surface area contributed by atoms with Crippen LogP contribution in [0.1, 0.15) is 28.4 Å². The number of aliphatic carboxylic acids is 1. The molecule has 0 aliphatic carbocycles. The number of benzene rings is 4. The number of halogens is 1. The average molecular weight is 600 g/mol. The van der Waals surface area contributed by atoms with Crippen molar-refractivity contribution in [2.75, 3.05) is 13.2 Å². The molecule has 4 aromatic rings. The molecule has 1 amide bonds. The van der Waals surface area contributed by atoms with Crippen LogP contribution in [-0.4, -0.2) is 39.4 Å². The largest absolute Gasteiger partial charge is 0.489 e. The number of thioether (sulfide) groups is 1. The Morgan fingerprint density at radius 1 is 0.929 bits per heavy atom. The maximum Gasteiger partial charge on any atom is 0.323 e. The molecule has 0 radical (unpaired) electrons. The van der Waals surface area contributed by atoms with E-state index in [0.29, 0.717) is 35.0 Å². The number of amides is 1. The molecule has 9 heteroatoms. The fourth-order valence-corrected chi connectivity index (χ4v) is 5.64. The van der Waals surface area contributed by atoms with E-state index < -0.39 is 24.5 Å². The van der Waals surface area contributed by atoms with Crippen molar-refractivity contribution in [2.24, 2.45) is 0 Å². The van der Waals surface area contributed by atoms with Crippen LogP contribution in [0.2, 0.25) is 0 Å². The molecule has 0 unspecified atom stereocenters. The van der Waals surface area contributed by atoms with E-state index >= 15 is 0 Å². The zero-order chi connectivity index (χ0) is 29.5. The number of carbonyl (C=O) groups excluding carboxylic acids is 1. The van der Waals surface area contributed by atoms with E-state index in [-0.39, 0.29) is 10.1 Å². The van der Waals surface area contributed by atoms with Gasteiger partial charge in [-0.05, 0) is 52.6 Å². The van der Waals surface area contributed by atoms with E-state index in [0.717, 1.165) is 33.4 Å². The number of thiocarbonyl (C=S) groups is 1. The van der Waals surface area contributed by atoms with Crippen LogP contribution < -0.4 is 9.47 Å². The zero-order valence-corrected chi connectivity index (χ0v) is 23.9. The van der Waals surface area contributed by atoms with Gasteiger partial charge in [0, 0.05) is 6.42 Å².